The molecule has 0 aliphatic rings. The molecule has 1 atom stereocenters. The molecule has 3 N–H and O–H groups in total. The fraction of sp³-hybridized carbons (Fsp3) is 0.0714. The molecular formula is C14H10N2O3S. The number of nitrogens with two attached hydrogens (primary N) is 1. The molecule has 0 saturated carbocycles. The van der Waals surface area contributed by atoms with Crippen LogP contribution >= 0.6 is 11.3 Å². The van der Waals surface area contributed by atoms with E-state index in [1.807, 2.05) is 18.2 Å². The summed E-state index contributed by atoms with van der Waals surface area (Å²) in [7, 11) is 0. The van der Waals surface area contributed by atoms with Gasteiger partial charge in [-0.1, -0.05) is 30.0 Å². The highest BCUT2D eigenvalue weighted by Gasteiger charge is 2.20. The predicted octanol–water partition coefficient (Wildman–Crippen LogP) is 1.46. The van der Waals surface area contributed by atoms with Crippen LogP contribution in [0, 0.1) is 11.8 Å². The van der Waals surface area contributed by atoms with E-state index in [0.717, 1.165) is 16.9 Å². The molecule has 1 heterocycles. The van der Waals surface area contributed by atoms with Crippen molar-refractivity contribution in [3.8, 4) is 11.8 Å². The van der Waals surface area contributed by atoms with Gasteiger partial charge in [0.05, 0.1) is 6.20 Å². The molecule has 1 aromatic heterocycles. The van der Waals surface area contributed by atoms with E-state index < -0.39 is 17.8 Å². The summed E-state index contributed by atoms with van der Waals surface area (Å²) in [6.45, 7) is 0. The molecule has 1 aromatic carbocycles. The van der Waals surface area contributed by atoms with Crippen LogP contribution in [0.1, 0.15) is 26.2 Å². The largest absolute Gasteiger partial charge is 0.477 e. The zero-order chi connectivity index (χ0) is 14.5. The first-order chi connectivity index (χ1) is 9.58. The zero-order valence-corrected chi connectivity index (χ0v) is 11.1. The van der Waals surface area contributed by atoms with Gasteiger partial charge in [0.2, 0.25) is 5.91 Å². The highest BCUT2D eigenvalue weighted by atomic mass is 32.1. The molecule has 0 saturated heterocycles. The summed E-state index contributed by atoms with van der Waals surface area (Å²) in [6, 6.07) is 9.12. The van der Waals surface area contributed by atoms with Gasteiger partial charge in [-0.2, -0.15) is 0 Å². The zero-order valence-electron chi connectivity index (χ0n) is 10.2. The first kappa shape index (κ1) is 13.8. The molecule has 1 amide bonds. The van der Waals surface area contributed by atoms with Crippen LogP contribution in [-0.4, -0.2) is 22.0 Å². The Balaban J connectivity index is 2.30. The van der Waals surface area contributed by atoms with E-state index in [9.17, 15) is 9.59 Å². The summed E-state index contributed by atoms with van der Waals surface area (Å²) < 4.78 is 0. The molecule has 0 aliphatic heterocycles. The number of aromatic carboxylic acids is 1. The Morgan fingerprint density at radius 3 is 2.55 bits per heavy atom. The molecule has 0 bridgehead atoms. The molecule has 0 fully saturated rings. The molecule has 5 nitrogen and oxygen atoms in total. The number of carbonyl (C=O) groups is 2. The van der Waals surface area contributed by atoms with Gasteiger partial charge in [-0.05, 0) is 12.1 Å². The number of primary amides is 1. The number of nitrogens with zero attached hydrogens (tertiary/aromatic N) is 1. The van der Waals surface area contributed by atoms with Crippen LogP contribution in [-0.2, 0) is 4.79 Å². The third kappa shape index (κ3) is 3.22. The number of carboxylic acids is 1. The third-order valence-corrected chi connectivity index (χ3v) is 3.45. The molecule has 100 valence electrons. The van der Waals surface area contributed by atoms with Gasteiger partial charge in [0.1, 0.15) is 9.88 Å². The van der Waals surface area contributed by atoms with E-state index in [1.165, 1.54) is 6.20 Å². The van der Waals surface area contributed by atoms with Crippen LogP contribution in [0.15, 0.2) is 36.5 Å². The first-order valence-electron chi connectivity index (χ1n) is 5.63. The van der Waals surface area contributed by atoms with Crippen LogP contribution in [0.5, 0.6) is 0 Å². The van der Waals surface area contributed by atoms with Crippen molar-refractivity contribution in [1.29, 1.82) is 0 Å². The second-order valence-corrected chi connectivity index (χ2v) is 4.90. The molecule has 0 radical (unpaired) electrons. The van der Waals surface area contributed by atoms with Crippen molar-refractivity contribution in [3.05, 3.63) is 52.0 Å². The number of hydrogen-bond donors (Lipinski definition) is 2. The number of amides is 1. The van der Waals surface area contributed by atoms with Gasteiger partial charge in [-0.25, -0.2) is 9.78 Å². The summed E-state index contributed by atoms with van der Waals surface area (Å²) >= 11 is 0.899. The Labute approximate surface area is 119 Å². The van der Waals surface area contributed by atoms with Crippen LogP contribution in [0.4, 0.5) is 0 Å². The predicted molar refractivity (Wildman–Crippen MR) is 74.3 cm³/mol. The number of benzene rings is 1. The topological polar surface area (TPSA) is 93.3 Å². The van der Waals surface area contributed by atoms with Gasteiger partial charge in [0.25, 0.3) is 0 Å². The van der Waals surface area contributed by atoms with Crippen molar-refractivity contribution in [3.63, 3.8) is 0 Å². The molecular weight excluding hydrogens is 276 g/mol. The number of aromatic nitrogens is 1. The second kappa shape index (κ2) is 5.99. The lowest BCUT2D eigenvalue weighted by Crippen LogP contribution is -2.20. The van der Waals surface area contributed by atoms with Gasteiger partial charge < -0.3 is 10.8 Å². The number of thiazole rings is 1. The fourth-order valence-electron chi connectivity index (χ4n) is 1.45. The number of carbonyl (C=O) groups excluding carboxylic acids is 1. The van der Waals surface area contributed by atoms with E-state index in [2.05, 4.69) is 16.8 Å². The lowest BCUT2D eigenvalue weighted by molar-refractivity contribution is -0.118. The minimum Gasteiger partial charge on any atom is -0.477 e. The maximum atomic E-state index is 11.4. The number of hydrogen-bond acceptors (Lipinski definition) is 4. The van der Waals surface area contributed by atoms with Crippen molar-refractivity contribution in [1.82, 2.24) is 4.98 Å². The summed E-state index contributed by atoms with van der Waals surface area (Å²) in [4.78, 5) is 26.2. The Kier molecular flexibility index (Phi) is 4.13. The molecule has 0 aliphatic carbocycles. The minimum absolute atomic E-state index is 0.0489. The van der Waals surface area contributed by atoms with Gasteiger partial charge in [-0.15, -0.1) is 11.3 Å². The SMILES string of the molecule is NC(=O)C(C#Cc1ccccc1)c1ncc(C(=O)O)s1. The van der Waals surface area contributed by atoms with E-state index >= 15 is 0 Å². The highest BCUT2D eigenvalue weighted by molar-refractivity contribution is 7.13. The smallest absolute Gasteiger partial charge is 0.347 e. The molecule has 6 heteroatoms. The average Bonchev–Trinajstić information content (AvgIpc) is 2.89. The first-order valence-corrected chi connectivity index (χ1v) is 6.44. The van der Waals surface area contributed by atoms with Gasteiger partial charge >= 0.3 is 5.97 Å². The maximum Gasteiger partial charge on any atom is 0.347 e. The lowest BCUT2D eigenvalue weighted by atomic mass is 10.1. The summed E-state index contributed by atoms with van der Waals surface area (Å²) in [5, 5.41) is 9.13. The Bertz CT molecular complexity index is 698. The van der Waals surface area contributed by atoms with Crippen LogP contribution in [0.25, 0.3) is 0 Å². The third-order valence-electron chi connectivity index (χ3n) is 2.40. The van der Waals surface area contributed by atoms with Crippen LogP contribution in [0.3, 0.4) is 0 Å². The summed E-state index contributed by atoms with van der Waals surface area (Å²) in [6.07, 6.45) is 1.20. The Morgan fingerprint density at radius 2 is 2.00 bits per heavy atom. The quantitative estimate of drug-likeness (QED) is 0.835. The molecule has 0 spiro atoms. The van der Waals surface area contributed by atoms with E-state index in [-0.39, 0.29) is 4.88 Å². The van der Waals surface area contributed by atoms with Crippen LogP contribution in [0.2, 0.25) is 0 Å². The van der Waals surface area contributed by atoms with Gasteiger partial charge in [0.15, 0.2) is 5.92 Å². The maximum absolute atomic E-state index is 11.4. The van der Waals surface area contributed by atoms with E-state index in [0.29, 0.717) is 5.01 Å². The van der Waals surface area contributed by atoms with Crippen LogP contribution < -0.4 is 5.73 Å². The molecule has 2 aromatic rings. The fourth-order valence-corrected chi connectivity index (χ4v) is 2.27. The molecule has 2 rings (SSSR count). The van der Waals surface area contributed by atoms with Gasteiger partial charge in [0, 0.05) is 5.56 Å². The van der Waals surface area contributed by atoms with Crippen molar-refractivity contribution in [2.24, 2.45) is 5.73 Å². The second-order valence-electron chi connectivity index (χ2n) is 3.84. The van der Waals surface area contributed by atoms with E-state index in [4.69, 9.17) is 10.8 Å². The highest BCUT2D eigenvalue weighted by Crippen LogP contribution is 2.21. The Hall–Kier alpha value is -2.65. The van der Waals surface area contributed by atoms with E-state index in [1.54, 1.807) is 12.1 Å². The lowest BCUT2D eigenvalue weighted by Gasteiger charge is -2.00. The van der Waals surface area contributed by atoms with Crippen molar-refractivity contribution >= 4 is 23.2 Å². The monoisotopic (exact) mass is 286 g/mol. The average molecular weight is 286 g/mol. The standard InChI is InChI=1S/C14H10N2O3S/c15-12(17)10(7-6-9-4-2-1-3-5-9)13-16-8-11(20-13)14(18)19/h1-5,8,10H,(H2,15,17)(H,18,19). The van der Waals surface area contributed by atoms with Crippen molar-refractivity contribution in [2.45, 2.75) is 5.92 Å². The summed E-state index contributed by atoms with van der Waals surface area (Å²) in [5.41, 5.74) is 6.04. The molecule has 1 unspecified atom stereocenters. The molecule has 20 heavy (non-hydrogen) atoms. The minimum atomic E-state index is -1.09. The van der Waals surface area contributed by atoms with Crippen molar-refractivity contribution < 1.29 is 14.7 Å². The van der Waals surface area contributed by atoms with Crippen molar-refractivity contribution in [2.75, 3.05) is 0 Å². The van der Waals surface area contributed by atoms with Gasteiger partial charge in [-0.3, -0.25) is 4.79 Å². The normalized spacial score (nSPS) is 11.2. The summed E-state index contributed by atoms with van der Waals surface area (Å²) in [5.74, 6) is 2.91. The number of carboxylic acid groups (broad SMARTS) is 1. The Morgan fingerprint density at radius 1 is 1.30 bits per heavy atom. The number of rotatable bonds is 3.